The maximum Gasteiger partial charge on any atom is 0.142 e. The molecule has 0 saturated heterocycles. The van der Waals surface area contributed by atoms with Gasteiger partial charge in [0.15, 0.2) is 0 Å². The molecule has 5 heteroatoms. The molecule has 0 aliphatic carbocycles. The molecule has 2 aromatic rings. The quantitative estimate of drug-likeness (QED) is 0.511. The third-order valence-electron chi connectivity index (χ3n) is 3.49. The van der Waals surface area contributed by atoms with Crippen molar-refractivity contribution < 1.29 is 8.78 Å². The van der Waals surface area contributed by atoms with E-state index in [1.54, 1.807) is 18.2 Å². The molecule has 0 aromatic heterocycles. The van der Waals surface area contributed by atoms with Gasteiger partial charge in [-0.05, 0) is 41.8 Å². The van der Waals surface area contributed by atoms with Gasteiger partial charge >= 0.3 is 0 Å². The van der Waals surface area contributed by atoms with E-state index in [0.29, 0.717) is 17.1 Å². The fraction of sp³-hybridized carbons (Fsp3) is 0.250. The number of benzene rings is 2. The second-order valence-electron chi connectivity index (χ2n) is 4.98. The van der Waals surface area contributed by atoms with Crippen LogP contribution in [0.5, 0.6) is 0 Å². The largest absolute Gasteiger partial charge is 0.207 e. The second-order valence-corrected chi connectivity index (χ2v) is 6.51. The zero-order valence-corrected chi connectivity index (χ0v) is 15.0. The summed E-state index contributed by atoms with van der Waals surface area (Å²) in [5.74, 6) is -0.694. The molecule has 2 rings (SSSR count). The molecule has 0 amide bonds. The molecule has 2 aromatic carbocycles. The van der Waals surface area contributed by atoms with E-state index in [2.05, 4.69) is 31.9 Å². The summed E-state index contributed by atoms with van der Waals surface area (Å²) in [6, 6.07) is 11.2. The molecule has 0 nitrogen and oxygen atoms in total. The molecule has 21 heavy (non-hydrogen) atoms. The first-order valence-electron chi connectivity index (χ1n) is 6.33. The van der Waals surface area contributed by atoms with Crippen LogP contribution in [0.1, 0.15) is 11.1 Å². The van der Waals surface area contributed by atoms with E-state index in [0.717, 1.165) is 11.1 Å². The normalized spacial score (nSPS) is 11.7. The van der Waals surface area contributed by atoms with E-state index in [1.165, 1.54) is 18.2 Å². The van der Waals surface area contributed by atoms with Crippen LogP contribution < -0.4 is 0 Å². The van der Waals surface area contributed by atoms with Gasteiger partial charge in [0, 0.05) is 16.1 Å². The van der Waals surface area contributed by atoms with Gasteiger partial charge in [-0.3, -0.25) is 0 Å². The second kappa shape index (κ2) is 7.21. The Balaban J connectivity index is 2.37. The smallest absolute Gasteiger partial charge is 0.142 e. The van der Waals surface area contributed by atoms with Crippen LogP contribution in [0.15, 0.2) is 42.5 Å². The van der Waals surface area contributed by atoms with Gasteiger partial charge in [-0.25, -0.2) is 8.78 Å². The fourth-order valence-corrected chi connectivity index (χ4v) is 4.32. The molecular formula is C16H13Br2ClF2. The Morgan fingerprint density at radius 1 is 0.952 bits per heavy atom. The average Bonchev–Trinajstić information content (AvgIpc) is 2.49. The van der Waals surface area contributed by atoms with Gasteiger partial charge in [0.25, 0.3) is 0 Å². The van der Waals surface area contributed by atoms with Gasteiger partial charge in [-0.2, -0.15) is 0 Å². The highest BCUT2D eigenvalue weighted by Crippen LogP contribution is 2.33. The lowest BCUT2D eigenvalue weighted by Gasteiger charge is -2.31. The first-order chi connectivity index (χ1) is 10.0. The minimum absolute atomic E-state index is 0.115. The van der Waals surface area contributed by atoms with Crippen molar-refractivity contribution in [3.63, 3.8) is 0 Å². The summed E-state index contributed by atoms with van der Waals surface area (Å²) in [5, 5.41) is 1.45. The third-order valence-corrected chi connectivity index (χ3v) is 5.95. The minimum Gasteiger partial charge on any atom is -0.207 e. The van der Waals surface area contributed by atoms with Crippen molar-refractivity contribution in [3.8, 4) is 0 Å². The van der Waals surface area contributed by atoms with Gasteiger partial charge in [-0.15, -0.1) is 0 Å². The minimum atomic E-state index is -0.425. The molecule has 0 fully saturated rings. The molecule has 0 N–H and O–H groups in total. The molecular weight excluding hydrogens is 425 g/mol. The van der Waals surface area contributed by atoms with Gasteiger partial charge in [-0.1, -0.05) is 61.7 Å². The van der Waals surface area contributed by atoms with Crippen LogP contribution in [0.3, 0.4) is 0 Å². The van der Waals surface area contributed by atoms with E-state index in [-0.39, 0.29) is 16.3 Å². The molecule has 0 radical (unpaired) electrons. The molecule has 112 valence electrons. The maximum absolute atomic E-state index is 13.6. The average molecular weight is 439 g/mol. The predicted molar refractivity (Wildman–Crippen MR) is 90.8 cm³/mol. The van der Waals surface area contributed by atoms with Crippen LogP contribution in [0.2, 0.25) is 5.02 Å². The summed E-state index contributed by atoms with van der Waals surface area (Å²) in [5.41, 5.74) is 1.56. The lowest BCUT2D eigenvalue weighted by molar-refractivity contribution is 0.544. The lowest BCUT2D eigenvalue weighted by atomic mass is 9.79. The monoisotopic (exact) mass is 436 g/mol. The summed E-state index contributed by atoms with van der Waals surface area (Å²) in [6.07, 6.45) is 0.614. The molecule has 0 saturated carbocycles. The first kappa shape index (κ1) is 16.9. The highest BCUT2D eigenvalue weighted by atomic mass is 79.9. The van der Waals surface area contributed by atoms with Crippen LogP contribution in [0.25, 0.3) is 0 Å². The van der Waals surface area contributed by atoms with Crippen LogP contribution in [-0.2, 0) is 11.8 Å². The molecule has 0 bridgehead atoms. The van der Waals surface area contributed by atoms with E-state index >= 15 is 0 Å². The standard InChI is InChI=1S/C16H13Br2ClF2/c17-9-16(10-18,12-2-4-13(20)5-3-12)8-11-1-6-14(19)15(21)7-11/h1-7H,8-10H2. The van der Waals surface area contributed by atoms with Crippen molar-refractivity contribution in [2.24, 2.45) is 0 Å². The van der Waals surface area contributed by atoms with Gasteiger partial charge in [0.05, 0.1) is 5.02 Å². The number of hydrogen-bond donors (Lipinski definition) is 0. The van der Waals surface area contributed by atoms with Gasteiger partial charge in [0.1, 0.15) is 11.6 Å². The van der Waals surface area contributed by atoms with Crippen LogP contribution in [0.4, 0.5) is 8.78 Å². The van der Waals surface area contributed by atoms with Crippen molar-refractivity contribution in [2.45, 2.75) is 11.8 Å². The highest BCUT2D eigenvalue weighted by Gasteiger charge is 2.30. The Hall–Kier alpha value is -0.450. The number of alkyl halides is 2. The molecule has 0 aliphatic rings. The van der Waals surface area contributed by atoms with Gasteiger partial charge < -0.3 is 0 Å². The maximum atomic E-state index is 13.6. The zero-order valence-electron chi connectivity index (χ0n) is 11.1. The Bertz CT molecular complexity index is 610. The summed E-state index contributed by atoms with van der Waals surface area (Å²) in [4.78, 5) is 0. The number of rotatable bonds is 5. The van der Waals surface area contributed by atoms with Crippen molar-refractivity contribution >= 4 is 43.5 Å². The van der Waals surface area contributed by atoms with Crippen LogP contribution in [-0.4, -0.2) is 10.7 Å². The Morgan fingerprint density at radius 2 is 1.57 bits per heavy atom. The fourth-order valence-electron chi connectivity index (χ4n) is 2.23. The molecule has 0 unspecified atom stereocenters. The Morgan fingerprint density at radius 3 is 2.10 bits per heavy atom. The summed E-state index contributed by atoms with van der Waals surface area (Å²) < 4.78 is 26.7. The number of hydrogen-bond acceptors (Lipinski definition) is 0. The Labute approximate surface area is 144 Å². The van der Waals surface area contributed by atoms with E-state index in [4.69, 9.17) is 11.6 Å². The summed E-state index contributed by atoms with van der Waals surface area (Å²) in [6.45, 7) is 0. The SMILES string of the molecule is Fc1ccc(C(CBr)(CBr)Cc2ccc(Cl)c(F)c2)cc1. The lowest BCUT2D eigenvalue weighted by Crippen LogP contribution is -2.33. The van der Waals surface area contributed by atoms with Crippen LogP contribution >= 0.6 is 43.5 Å². The predicted octanol–water partition coefficient (Wildman–Crippen LogP) is 5.89. The number of halogens is 5. The third kappa shape index (κ3) is 3.85. The van der Waals surface area contributed by atoms with Crippen molar-refractivity contribution in [1.82, 2.24) is 0 Å². The summed E-state index contributed by atoms with van der Waals surface area (Å²) >= 11 is 12.8. The molecule has 0 aliphatic heterocycles. The Kier molecular flexibility index (Phi) is 5.81. The van der Waals surface area contributed by atoms with Gasteiger partial charge in [0.2, 0.25) is 0 Å². The first-order valence-corrected chi connectivity index (χ1v) is 8.95. The van der Waals surface area contributed by atoms with E-state index < -0.39 is 5.82 Å². The topological polar surface area (TPSA) is 0 Å². The van der Waals surface area contributed by atoms with Crippen molar-refractivity contribution in [2.75, 3.05) is 10.7 Å². The highest BCUT2D eigenvalue weighted by molar-refractivity contribution is 9.09. The van der Waals surface area contributed by atoms with Crippen molar-refractivity contribution in [3.05, 3.63) is 70.2 Å². The van der Waals surface area contributed by atoms with E-state index in [9.17, 15) is 8.78 Å². The molecule has 0 spiro atoms. The summed E-state index contributed by atoms with van der Waals surface area (Å²) in [7, 11) is 0. The van der Waals surface area contributed by atoms with E-state index in [1.807, 2.05) is 6.07 Å². The van der Waals surface area contributed by atoms with Crippen LogP contribution in [0, 0.1) is 11.6 Å². The van der Waals surface area contributed by atoms with Crippen molar-refractivity contribution in [1.29, 1.82) is 0 Å². The molecule has 0 atom stereocenters. The molecule has 0 heterocycles. The zero-order chi connectivity index (χ0) is 15.5.